The van der Waals surface area contributed by atoms with Gasteiger partial charge in [0.1, 0.15) is 23.3 Å². The smallest absolute Gasteiger partial charge is 0.139 e. The van der Waals surface area contributed by atoms with E-state index < -0.39 is 0 Å². The summed E-state index contributed by atoms with van der Waals surface area (Å²) in [6, 6.07) is 4.68. The van der Waals surface area contributed by atoms with Crippen molar-refractivity contribution >= 4 is 39.9 Å². The van der Waals surface area contributed by atoms with Gasteiger partial charge < -0.3 is 10.6 Å². The molecule has 3 rings (SSSR count). The normalized spacial score (nSPS) is 14.1. The minimum Gasteiger partial charge on any atom is -0.373 e. The Hall–Kier alpha value is -1.44. The zero-order valence-electron chi connectivity index (χ0n) is 11.9. The van der Waals surface area contributed by atoms with Gasteiger partial charge in [-0.15, -0.1) is 0 Å². The number of nitrogens with one attached hydrogen (secondary N) is 2. The topological polar surface area (TPSA) is 49.8 Å². The molecule has 2 N–H and O–H groups in total. The Balaban J connectivity index is 1.98. The number of hydrogen-bond donors (Lipinski definition) is 2. The first-order valence-electron chi connectivity index (χ1n) is 6.87. The largest absolute Gasteiger partial charge is 0.373 e. The van der Waals surface area contributed by atoms with Gasteiger partial charge in [-0.1, -0.05) is 0 Å². The molecule has 1 aliphatic rings. The molecular formula is C15H16FIN4. The molecule has 0 aliphatic heterocycles. The fourth-order valence-electron chi connectivity index (χ4n) is 2.14. The average molecular weight is 398 g/mol. The maximum atomic E-state index is 13.2. The molecule has 0 atom stereocenters. The van der Waals surface area contributed by atoms with Crippen LogP contribution in [0.2, 0.25) is 0 Å². The second kappa shape index (κ2) is 5.75. The van der Waals surface area contributed by atoms with Crippen LogP contribution in [0.1, 0.15) is 30.1 Å². The standard InChI is InChI=1S/C15H16FIN4/c1-8-13(18-2)20-15(9-3-4-9)21-14(8)19-12-6-5-10(16)7-11(12)17/h5-7,9H,3-4H2,1-2H3,(H2,18,19,20,21). The van der Waals surface area contributed by atoms with Crippen LogP contribution in [0.25, 0.3) is 0 Å². The highest BCUT2D eigenvalue weighted by Gasteiger charge is 2.28. The van der Waals surface area contributed by atoms with Crippen molar-refractivity contribution in [3.63, 3.8) is 0 Å². The first-order chi connectivity index (χ1) is 10.1. The van der Waals surface area contributed by atoms with Crippen molar-refractivity contribution in [2.24, 2.45) is 0 Å². The van der Waals surface area contributed by atoms with Crippen LogP contribution in [0.4, 0.5) is 21.7 Å². The van der Waals surface area contributed by atoms with Gasteiger partial charge in [0, 0.05) is 22.1 Å². The highest BCUT2D eigenvalue weighted by molar-refractivity contribution is 14.1. The summed E-state index contributed by atoms with van der Waals surface area (Å²) in [5.41, 5.74) is 1.81. The third-order valence-corrected chi connectivity index (χ3v) is 4.42. The zero-order valence-corrected chi connectivity index (χ0v) is 14.0. The molecule has 6 heteroatoms. The molecule has 1 aromatic carbocycles. The molecule has 4 nitrogen and oxygen atoms in total. The molecular weight excluding hydrogens is 382 g/mol. The predicted octanol–water partition coefficient (Wildman–Crippen LogP) is 4.19. The van der Waals surface area contributed by atoms with E-state index in [1.54, 1.807) is 6.07 Å². The van der Waals surface area contributed by atoms with E-state index >= 15 is 0 Å². The molecule has 2 aromatic rings. The van der Waals surface area contributed by atoms with Crippen LogP contribution in [-0.2, 0) is 0 Å². The van der Waals surface area contributed by atoms with E-state index in [9.17, 15) is 4.39 Å². The number of hydrogen-bond acceptors (Lipinski definition) is 4. The van der Waals surface area contributed by atoms with Crippen molar-refractivity contribution in [3.8, 4) is 0 Å². The molecule has 0 saturated heterocycles. The molecule has 1 aromatic heterocycles. The SMILES string of the molecule is CNc1nc(C2CC2)nc(Nc2ccc(F)cc2I)c1C. The summed E-state index contributed by atoms with van der Waals surface area (Å²) in [6.45, 7) is 1.97. The Morgan fingerprint density at radius 3 is 2.57 bits per heavy atom. The summed E-state index contributed by atoms with van der Waals surface area (Å²) < 4.78 is 14.0. The van der Waals surface area contributed by atoms with Gasteiger partial charge in [0.25, 0.3) is 0 Å². The van der Waals surface area contributed by atoms with Gasteiger partial charge >= 0.3 is 0 Å². The summed E-state index contributed by atoms with van der Waals surface area (Å²) in [5.74, 6) is 2.74. The molecule has 0 amide bonds. The molecule has 1 aliphatic carbocycles. The van der Waals surface area contributed by atoms with Crippen molar-refractivity contribution in [3.05, 3.63) is 39.0 Å². The molecule has 0 unspecified atom stereocenters. The fourth-order valence-corrected chi connectivity index (χ4v) is 2.75. The van der Waals surface area contributed by atoms with Crippen molar-refractivity contribution < 1.29 is 4.39 Å². The third kappa shape index (κ3) is 3.09. The van der Waals surface area contributed by atoms with Gasteiger partial charge in [-0.25, -0.2) is 14.4 Å². The van der Waals surface area contributed by atoms with Gasteiger partial charge in [0.15, 0.2) is 0 Å². The maximum absolute atomic E-state index is 13.2. The lowest BCUT2D eigenvalue weighted by Gasteiger charge is -2.14. The number of benzene rings is 1. The van der Waals surface area contributed by atoms with Crippen LogP contribution in [0, 0.1) is 16.3 Å². The first-order valence-corrected chi connectivity index (χ1v) is 7.94. The van der Waals surface area contributed by atoms with Crippen LogP contribution < -0.4 is 10.6 Å². The van der Waals surface area contributed by atoms with Crippen LogP contribution in [0.15, 0.2) is 18.2 Å². The molecule has 0 spiro atoms. The minimum atomic E-state index is -0.237. The number of anilines is 3. The second-order valence-corrected chi connectivity index (χ2v) is 6.34. The van der Waals surface area contributed by atoms with E-state index in [4.69, 9.17) is 0 Å². The lowest BCUT2D eigenvalue weighted by Crippen LogP contribution is -2.07. The number of halogens is 2. The Bertz CT molecular complexity index is 686. The second-order valence-electron chi connectivity index (χ2n) is 5.18. The molecule has 0 bridgehead atoms. The van der Waals surface area contributed by atoms with E-state index in [1.165, 1.54) is 12.1 Å². The predicted molar refractivity (Wildman–Crippen MR) is 90.7 cm³/mol. The lowest BCUT2D eigenvalue weighted by atomic mass is 10.2. The fraction of sp³-hybridized carbons (Fsp3) is 0.333. The number of nitrogens with zero attached hydrogens (tertiary/aromatic N) is 2. The van der Waals surface area contributed by atoms with Gasteiger partial charge in [-0.2, -0.15) is 0 Å². The summed E-state index contributed by atoms with van der Waals surface area (Å²) in [7, 11) is 1.86. The van der Waals surface area contributed by atoms with E-state index in [0.717, 1.165) is 45.1 Å². The van der Waals surface area contributed by atoms with E-state index in [0.29, 0.717) is 5.92 Å². The van der Waals surface area contributed by atoms with Crippen LogP contribution in [0.5, 0.6) is 0 Å². The summed E-state index contributed by atoms with van der Waals surface area (Å²) >= 11 is 2.12. The summed E-state index contributed by atoms with van der Waals surface area (Å²) in [6.07, 6.45) is 2.31. The van der Waals surface area contributed by atoms with Gasteiger partial charge in [-0.3, -0.25) is 0 Å². The van der Waals surface area contributed by atoms with Gasteiger partial charge in [-0.05, 0) is 60.6 Å². The Labute approximate surface area is 136 Å². The number of aromatic nitrogens is 2. The average Bonchev–Trinajstić information content (AvgIpc) is 3.28. The van der Waals surface area contributed by atoms with Crippen LogP contribution in [0.3, 0.4) is 0 Å². The van der Waals surface area contributed by atoms with Gasteiger partial charge in [0.2, 0.25) is 0 Å². The Kier molecular flexibility index (Phi) is 3.97. The van der Waals surface area contributed by atoms with Gasteiger partial charge in [0.05, 0.1) is 5.69 Å². The monoisotopic (exact) mass is 398 g/mol. The third-order valence-electron chi connectivity index (χ3n) is 3.53. The molecule has 110 valence electrons. The van der Waals surface area contributed by atoms with Crippen molar-refractivity contribution in [2.75, 3.05) is 17.7 Å². The van der Waals surface area contributed by atoms with Crippen molar-refractivity contribution in [2.45, 2.75) is 25.7 Å². The summed E-state index contributed by atoms with van der Waals surface area (Å²) in [4.78, 5) is 9.21. The molecule has 1 saturated carbocycles. The quantitative estimate of drug-likeness (QED) is 0.759. The molecule has 1 fully saturated rings. The van der Waals surface area contributed by atoms with E-state index in [-0.39, 0.29) is 5.82 Å². The van der Waals surface area contributed by atoms with E-state index in [2.05, 4.69) is 43.2 Å². The molecule has 0 radical (unpaired) electrons. The zero-order chi connectivity index (χ0) is 15.0. The minimum absolute atomic E-state index is 0.237. The number of rotatable bonds is 4. The maximum Gasteiger partial charge on any atom is 0.139 e. The van der Waals surface area contributed by atoms with Crippen LogP contribution in [-0.4, -0.2) is 17.0 Å². The highest BCUT2D eigenvalue weighted by atomic mass is 127. The van der Waals surface area contributed by atoms with Crippen LogP contribution >= 0.6 is 22.6 Å². The van der Waals surface area contributed by atoms with E-state index in [1.807, 2.05) is 14.0 Å². The highest BCUT2D eigenvalue weighted by Crippen LogP contribution is 2.40. The van der Waals surface area contributed by atoms with Crippen molar-refractivity contribution in [1.29, 1.82) is 0 Å². The van der Waals surface area contributed by atoms with Crippen molar-refractivity contribution in [1.82, 2.24) is 9.97 Å². The molecule has 1 heterocycles. The first kappa shape index (κ1) is 14.5. The Morgan fingerprint density at radius 1 is 1.24 bits per heavy atom. The molecule has 21 heavy (non-hydrogen) atoms. The summed E-state index contributed by atoms with van der Waals surface area (Å²) in [5, 5.41) is 6.42. The lowest BCUT2D eigenvalue weighted by molar-refractivity contribution is 0.627. The Morgan fingerprint density at radius 2 is 1.95 bits per heavy atom.